The Balaban J connectivity index is 1.53. The third kappa shape index (κ3) is 5.69. The van der Waals surface area contributed by atoms with Gasteiger partial charge in [-0.2, -0.15) is 13.2 Å². The fourth-order valence-electron chi connectivity index (χ4n) is 3.40. The first-order chi connectivity index (χ1) is 14.2. The highest BCUT2D eigenvalue weighted by Gasteiger charge is 2.31. The average molecular weight is 424 g/mol. The highest BCUT2D eigenvalue weighted by molar-refractivity contribution is 5.81. The lowest BCUT2D eigenvalue weighted by molar-refractivity contribution is -0.137. The molecule has 0 saturated carbocycles. The summed E-state index contributed by atoms with van der Waals surface area (Å²) in [6.07, 6.45) is -2.79. The Hall–Kier alpha value is -2.68. The van der Waals surface area contributed by atoms with Crippen molar-refractivity contribution in [3.63, 3.8) is 0 Å². The van der Waals surface area contributed by atoms with E-state index in [1.54, 1.807) is 12.1 Å². The summed E-state index contributed by atoms with van der Waals surface area (Å²) < 4.78 is 51.1. The lowest BCUT2D eigenvalue weighted by Crippen LogP contribution is -2.46. The standard InChI is InChI=1S/C21H24F4N4O/c1-15(20(30)27-13-16-3-6-18(22)7-4-16)28-9-2-10-29(12-11-28)19-8-5-17(14-26-19)21(23,24)25/h3-8,14-15H,2,9-13H2,1H3,(H,27,30). The molecule has 1 aromatic carbocycles. The van der Waals surface area contributed by atoms with E-state index >= 15 is 0 Å². The molecule has 1 fully saturated rings. The van der Waals surface area contributed by atoms with Crippen LogP contribution >= 0.6 is 0 Å². The molecule has 0 spiro atoms. The van der Waals surface area contributed by atoms with Gasteiger partial charge in [0.15, 0.2) is 0 Å². The van der Waals surface area contributed by atoms with Gasteiger partial charge in [-0.1, -0.05) is 12.1 Å². The predicted molar refractivity (Wildman–Crippen MR) is 105 cm³/mol. The molecule has 0 radical (unpaired) electrons. The molecule has 1 amide bonds. The minimum absolute atomic E-state index is 0.125. The average Bonchev–Trinajstić information content (AvgIpc) is 2.98. The smallest absolute Gasteiger partial charge is 0.355 e. The molecule has 1 aromatic heterocycles. The zero-order valence-corrected chi connectivity index (χ0v) is 16.6. The van der Waals surface area contributed by atoms with Crippen molar-refractivity contribution in [3.8, 4) is 0 Å². The summed E-state index contributed by atoms with van der Waals surface area (Å²) in [4.78, 5) is 20.5. The summed E-state index contributed by atoms with van der Waals surface area (Å²) in [5.74, 6) is 0.0498. The van der Waals surface area contributed by atoms with Crippen molar-refractivity contribution < 1.29 is 22.4 Å². The zero-order chi connectivity index (χ0) is 21.7. The first-order valence-corrected chi connectivity index (χ1v) is 9.78. The van der Waals surface area contributed by atoms with Gasteiger partial charge in [-0.15, -0.1) is 0 Å². The molecule has 3 rings (SSSR count). The quantitative estimate of drug-likeness (QED) is 0.747. The SMILES string of the molecule is CC(C(=O)NCc1ccc(F)cc1)N1CCCN(c2ccc(C(F)(F)F)cn2)CC1. The van der Waals surface area contributed by atoms with Crippen LogP contribution in [0.15, 0.2) is 42.6 Å². The molecule has 1 N–H and O–H groups in total. The zero-order valence-electron chi connectivity index (χ0n) is 16.6. The summed E-state index contributed by atoms with van der Waals surface area (Å²) >= 11 is 0. The van der Waals surface area contributed by atoms with E-state index in [4.69, 9.17) is 0 Å². The molecule has 0 aliphatic carbocycles. The Bertz CT molecular complexity index is 840. The molecule has 1 aliphatic rings. The Kier molecular flexibility index (Phi) is 6.91. The van der Waals surface area contributed by atoms with Gasteiger partial charge in [0.25, 0.3) is 0 Å². The first-order valence-electron chi connectivity index (χ1n) is 9.78. The Morgan fingerprint density at radius 2 is 1.83 bits per heavy atom. The van der Waals surface area contributed by atoms with Gasteiger partial charge in [0.05, 0.1) is 11.6 Å². The normalized spacial score (nSPS) is 16.8. The number of aromatic nitrogens is 1. The van der Waals surface area contributed by atoms with E-state index in [2.05, 4.69) is 10.3 Å². The number of alkyl halides is 3. The first kappa shape index (κ1) is 22.0. The Labute approximate surface area is 172 Å². The largest absolute Gasteiger partial charge is 0.417 e. The third-order valence-corrected chi connectivity index (χ3v) is 5.24. The van der Waals surface area contributed by atoms with Crippen molar-refractivity contribution in [3.05, 3.63) is 59.5 Å². The van der Waals surface area contributed by atoms with Crippen LogP contribution in [0.2, 0.25) is 0 Å². The summed E-state index contributed by atoms with van der Waals surface area (Å²) in [6.45, 7) is 4.65. The Morgan fingerprint density at radius 3 is 2.47 bits per heavy atom. The summed E-state index contributed by atoms with van der Waals surface area (Å²) in [5.41, 5.74) is 0.0431. The van der Waals surface area contributed by atoms with E-state index < -0.39 is 11.7 Å². The summed E-state index contributed by atoms with van der Waals surface area (Å²) in [5, 5.41) is 2.86. The molecule has 1 atom stereocenters. The van der Waals surface area contributed by atoms with E-state index in [0.29, 0.717) is 38.5 Å². The van der Waals surface area contributed by atoms with Crippen LogP contribution in [0.4, 0.5) is 23.4 Å². The number of carbonyl (C=O) groups is 1. The second kappa shape index (κ2) is 9.42. The van der Waals surface area contributed by atoms with Crippen molar-refractivity contribution in [1.29, 1.82) is 0 Å². The molecular formula is C21H24F4N4O. The van der Waals surface area contributed by atoms with Crippen LogP contribution in [0.3, 0.4) is 0 Å². The van der Waals surface area contributed by atoms with E-state index in [1.807, 2.05) is 16.7 Å². The molecule has 162 valence electrons. The number of halogens is 4. The van der Waals surface area contributed by atoms with E-state index in [1.165, 1.54) is 18.2 Å². The topological polar surface area (TPSA) is 48.5 Å². The Morgan fingerprint density at radius 1 is 1.10 bits per heavy atom. The molecule has 30 heavy (non-hydrogen) atoms. The number of amides is 1. The lowest BCUT2D eigenvalue weighted by Gasteiger charge is -2.27. The summed E-state index contributed by atoms with van der Waals surface area (Å²) in [7, 11) is 0. The number of rotatable bonds is 5. The molecule has 5 nitrogen and oxygen atoms in total. The molecular weight excluding hydrogens is 400 g/mol. The van der Waals surface area contributed by atoms with Gasteiger partial charge >= 0.3 is 6.18 Å². The van der Waals surface area contributed by atoms with Gasteiger partial charge in [-0.3, -0.25) is 9.69 Å². The maximum atomic E-state index is 13.0. The molecule has 1 saturated heterocycles. The number of hydrogen-bond donors (Lipinski definition) is 1. The van der Waals surface area contributed by atoms with Crippen molar-refractivity contribution in [2.45, 2.75) is 32.1 Å². The van der Waals surface area contributed by atoms with E-state index in [9.17, 15) is 22.4 Å². The fourth-order valence-corrected chi connectivity index (χ4v) is 3.40. The maximum Gasteiger partial charge on any atom is 0.417 e. The van der Waals surface area contributed by atoms with Crippen LogP contribution < -0.4 is 10.2 Å². The van der Waals surface area contributed by atoms with Crippen LogP contribution in [0.25, 0.3) is 0 Å². The van der Waals surface area contributed by atoms with Gasteiger partial charge < -0.3 is 10.2 Å². The van der Waals surface area contributed by atoms with Gasteiger partial charge in [-0.25, -0.2) is 9.37 Å². The van der Waals surface area contributed by atoms with E-state index in [-0.39, 0.29) is 17.8 Å². The van der Waals surface area contributed by atoms with Gasteiger partial charge in [0.2, 0.25) is 5.91 Å². The number of benzene rings is 1. The molecule has 0 bridgehead atoms. The minimum Gasteiger partial charge on any atom is -0.355 e. The van der Waals surface area contributed by atoms with Crippen LogP contribution in [0.5, 0.6) is 0 Å². The van der Waals surface area contributed by atoms with Crippen molar-refractivity contribution >= 4 is 11.7 Å². The summed E-state index contributed by atoms with van der Waals surface area (Å²) in [6, 6.07) is 8.02. The number of anilines is 1. The lowest BCUT2D eigenvalue weighted by atomic mass is 10.2. The van der Waals surface area contributed by atoms with Crippen LogP contribution in [0, 0.1) is 5.82 Å². The van der Waals surface area contributed by atoms with Crippen LogP contribution in [0.1, 0.15) is 24.5 Å². The van der Waals surface area contributed by atoms with Crippen molar-refractivity contribution in [1.82, 2.24) is 15.2 Å². The van der Waals surface area contributed by atoms with Gasteiger partial charge in [-0.05, 0) is 43.2 Å². The molecule has 9 heteroatoms. The molecule has 2 aromatic rings. The number of nitrogens with one attached hydrogen (secondary N) is 1. The second-order valence-corrected chi connectivity index (χ2v) is 7.30. The highest BCUT2D eigenvalue weighted by Crippen LogP contribution is 2.29. The van der Waals surface area contributed by atoms with Crippen LogP contribution in [-0.4, -0.2) is 48.0 Å². The predicted octanol–water partition coefficient (Wildman–Crippen LogP) is 3.46. The third-order valence-electron chi connectivity index (χ3n) is 5.24. The van der Waals surface area contributed by atoms with Gasteiger partial charge in [0, 0.05) is 38.9 Å². The van der Waals surface area contributed by atoms with Crippen LogP contribution in [-0.2, 0) is 17.5 Å². The molecule has 2 heterocycles. The highest BCUT2D eigenvalue weighted by atomic mass is 19.4. The number of nitrogens with zero attached hydrogens (tertiary/aromatic N) is 3. The number of hydrogen-bond acceptors (Lipinski definition) is 4. The fraction of sp³-hybridized carbons (Fsp3) is 0.429. The maximum absolute atomic E-state index is 13.0. The second-order valence-electron chi connectivity index (χ2n) is 7.30. The molecule has 1 unspecified atom stereocenters. The van der Waals surface area contributed by atoms with Crippen molar-refractivity contribution in [2.75, 3.05) is 31.1 Å². The number of pyridine rings is 1. The monoisotopic (exact) mass is 424 g/mol. The molecule has 1 aliphatic heterocycles. The van der Waals surface area contributed by atoms with Gasteiger partial charge in [0.1, 0.15) is 11.6 Å². The minimum atomic E-state index is -4.40. The van der Waals surface area contributed by atoms with E-state index in [0.717, 1.165) is 24.2 Å². The number of carbonyl (C=O) groups excluding carboxylic acids is 1. The van der Waals surface area contributed by atoms with Crippen molar-refractivity contribution in [2.24, 2.45) is 0 Å².